The van der Waals surface area contributed by atoms with Gasteiger partial charge in [0.15, 0.2) is 0 Å². The van der Waals surface area contributed by atoms with Crippen molar-refractivity contribution in [3.63, 3.8) is 0 Å². The zero-order valence-electron chi connectivity index (χ0n) is 21.3. The van der Waals surface area contributed by atoms with Gasteiger partial charge < -0.3 is 0 Å². The minimum Gasteiger partial charge on any atom is -0.0836 e. The number of benzene rings is 5. The minimum atomic E-state index is 1.08. The zero-order chi connectivity index (χ0) is 24.8. The van der Waals surface area contributed by atoms with E-state index < -0.39 is 0 Å². The standard InChI is InChI=1S/C37H30/c1-25-14-16-27(17-15-25)28-18-21-29(22-19-28)36-32-10-4-6-12-34(32)37(35-13-7-5-11-33(35)36)31-23-20-26-8-2-3-9-30(26)24-31/h3-6,9-12,14-24H,2,7-8,13H2,1H3. The van der Waals surface area contributed by atoms with E-state index in [0.717, 1.165) is 25.7 Å². The Labute approximate surface area is 219 Å². The van der Waals surface area contributed by atoms with Crippen LogP contribution in [-0.2, 0) is 12.8 Å². The van der Waals surface area contributed by atoms with Crippen LogP contribution in [0.5, 0.6) is 0 Å². The summed E-state index contributed by atoms with van der Waals surface area (Å²) < 4.78 is 0. The van der Waals surface area contributed by atoms with E-state index in [-0.39, 0.29) is 0 Å². The fourth-order valence-electron chi connectivity index (χ4n) is 6.18. The predicted molar refractivity (Wildman–Crippen MR) is 160 cm³/mol. The molecule has 37 heavy (non-hydrogen) atoms. The highest BCUT2D eigenvalue weighted by Gasteiger charge is 2.22. The van der Waals surface area contributed by atoms with E-state index >= 15 is 0 Å². The van der Waals surface area contributed by atoms with Crippen molar-refractivity contribution in [3.8, 4) is 33.4 Å². The number of aryl methyl sites for hydroxylation is 2. The first-order valence-electron chi connectivity index (χ1n) is 13.5. The Morgan fingerprint density at radius 3 is 1.95 bits per heavy atom. The maximum Gasteiger partial charge on any atom is -0.00297 e. The van der Waals surface area contributed by atoms with E-state index in [1.165, 1.54) is 72.0 Å². The van der Waals surface area contributed by atoms with Crippen molar-refractivity contribution in [3.05, 3.63) is 131 Å². The highest BCUT2D eigenvalue weighted by molar-refractivity contribution is 6.10. The van der Waals surface area contributed by atoms with E-state index in [2.05, 4.69) is 122 Å². The van der Waals surface area contributed by atoms with Gasteiger partial charge in [0.1, 0.15) is 0 Å². The van der Waals surface area contributed by atoms with Crippen LogP contribution in [0.1, 0.15) is 40.7 Å². The van der Waals surface area contributed by atoms with Gasteiger partial charge in [-0.25, -0.2) is 0 Å². The normalized spacial score (nSPS) is 14.0. The second-order valence-corrected chi connectivity index (χ2v) is 10.4. The fourth-order valence-corrected chi connectivity index (χ4v) is 6.18. The van der Waals surface area contributed by atoms with Crippen LogP contribution in [0, 0.1) is 6.92 Å². The summed E-state index contributed by atoms with van der Waals surface area (Å²) in [5.41, 5.74) is 14.9. The molecule has 7 rings (SSSR count). The van der Waals surface area contributed by atoms with Crippen molar-refractivity contribution in [2.45, 2.75) is 32.6 Å². The molecule has 0 heterocycles. The largest absolute Gasteiger partial charge is 0.0836 e. The topological polar surface area (TPSA) is 0 Å². The molecule has 0 fully saturated rings. The van der Waals surface area contributed by atoms with Gasteiger partial charge in [-0.1, -0.05) is 115 Å². The monoisotopic (exact) mass is 474 g/mol. The van der Waals surface area contributed by atoms with Crippen molar-refractivity contribution in [1.29, 1.82) is 0 Å². The third-order valence-corrected chi connectivity index (χ3v) is 8.08. The minimum absolute atomic E-state index is 1.08. The van der Waals surface area contributed by atoms with Crippen LogP contribution in [0.4, 0.5) is 0 Å². The SMILES string of the molecule is Cc1ccc(-c2ccc(-c3c4c(c(-c5ccc6c(c5)C=CCC6)c5ccccc35)CCC=C4)cc2)cc1. The van der Waals surface area contributed by atoms with Gasteiger partial charge in [0, 0.05) is 0 Å². The lowest BCUT2D eigenvalue weighted by molar-refractivity contribution is 0.983. The Hall–Kier alpha value is -4.16. The highest BCUT2D eigenvalue weighted by atomic mass is 14.3. The molecule has 178 valence electrons. The molecule has 0 amide bonds. The van der Waals surface area contributed by atoms with Crippen LogP contribution in [0.2, 0.25) is 0 Å². The summed E-state index contributed by atoms with van der Waals surface area (Å²) in [6.07, 6.45) is 13.8. The highest BCUT2D eigenvalue weighted by Crippen LogP contribution is 2.45. The van der Waals surface area contributed by atoms with Crippen LogP contribution < -0.4 is 0 Å². The smallest absolute Gasteiger partial charge is 0.00297 e. The van der Waals surface area contributed by atoms with Crippen LogP contribution in [-0.4, -0.2) is 0 Å². The van der Waals surface area contributed by atoms with Gasteiger partial charge >= 0.3 is 0 Å². The molecule has 0 nitrogen and oxygen atoms in total. The average Bonchev–Trinajstić information content (AvgIpc) is 2.96. The molecule has 5 aromatic rings. The zero-order valence-corrected chi connectivity index (χ0v) is 21.3. The molecule has 0 atom stereocenters. The van der Waals surface area contributed by atoms with Crippen LogP contribution >= 0.6 is 0 Å². The third kappa shape index (κ3) is 3.85. The molecule has 2 aliphatic carbocycles. The average molecular weight is 475 g/mol. The molecule has 2 aliphatic rings. The molecule has 5 aromatic carbocycles. The molecule has 0 radical (unpaired) electrons. The van der Waals surface area contributed by atoms with E-state index in [0.29, 0.717) is 0 Å². The fraction of sp³-hybridized carbons (Fsp3) is 0.135. The summed E-state index contributed by atoms with van der Waals surface area (Å²) >= 11 is 0. The number of rotatable bonds is 3. The maximum absolute atomic E-state index is 2.42. The van der Waals surface area contributed by atoms with E-state index in [4.69, 9.17) is 0 Å². The Balaban J connectivity index is 1.44. The van der Waals surface area contributed by atoms with Crippen LogP contribution in [0.15, 0.2) is 103 Å². The van der Waals surface area contributed by atoms with Gasteiger partial charge in [0.25, 0.3) is 0 Å². The van der Waals surface area contributed by atoms with Crippen molar-refractivity contribution in [2.75, 3.05) is 0 Å². The summed E-state index contributed by atoms with van der Waals surface area (Å²) in [5, 5.41) is 2.69. The molecular weight excluding hydrogens is 444 g/mol. The van der Waals surface area contributed by atoms with Gasteiger partial charge in [-0.2, -0.15) is 0 Å². The lowest BCUT2D eigenvalue weighted by Gasteiger charge is -2.24. The van der Waals surface area contributed by atoms with Gasteiger partial charge in [0.05, 0.1) is 0 Å². The maximum atomic E-state index is 2.42. The van der Waals surface area contributed by atoms with Crippen molar-refractivity contribution < 1.29 is 0 Å². The first-order chi connectivity index (χ1) is 18.3. The summed E-state index contributed by atoms with van der Waals surface area (Å²) in [5.74, 6) is 0. The number of fused-ring (bicyclic) bond motifs is 3. The second kappa shape index (κ2) is 9.05. The number of hydrogen-bond acceptors (Lipinski definition) is 0. The van der Waals surface area contributed by atoms with Crippen molar-refractivity contribution in [2.24, 2.45) is 0 Å². The van der Waals surface area contributed by atoms with E-state index in [1.807, 2.05) is 0 Å². The van der Waals surface area contributed by atoms with Crippen molar-refractivity contribution in [1.82, 2.24) is 0 Å². The molecule has 0 aromatic heterocycles. The van der Waals surface area contributed by atoms with Gasteiger partial charge in [0.2, 0.25) is 0 Å². The number of allylic oxidation sites excluding steroid dienone is 2. The Morgan fingerprint density at radius 1 is 0.541 bits per heavy atom. The van der Waals surface area contributed by atoms with Crippen LogP contribution in [0.3, 0.4) is 0 Å². The quantitative estimate of drug-likeness (QED) is 0.244. The molecular formula is C37H30. The molecule has 0 saturated heterocycles. The molecule has 0 bridgehead atoms. The van der Waals surface area contributed by atoms with E-state index in [9.17, 15) is 0 Å². The Kier molecular flexibility index (Phi) is 5.40. The van der Waals surface area contributed by atoms with Gasteiger partial charge in [-0.3, -0.25) is 0 Å². The molecule has 0 unspecified atom stereocenters. The predicted octanol–water partition coefficient (Wildman–Crippen LogP) is 10.1. The van der Waals surface area contributed by atoms with Crippen molar-refractivity contribution >= 4 is 22.9 Å². The number of hydrogen-bond donors (Lipinski definition) is 0. The first-order valence-corrected chi connectivity index (χ1v) is 13.5. The second-order valence-electron chi connectivity index (χ2n) is 10.4. The molecule has 0 saturated carbocycles. The third-order valence-electron chi connectivity index (χ3n) is 8.08. The molecule has 0 spiro atoms. The first kappa shape index (κ1) is 22.1. The van der Waals surface area contributed by atoms with E-state index in [1.54, 1.807) is 0 Å². The summed E-state index contributed by atoms with van der Waals surface area (Å²) in [6, 6.07) is 34.1. The van der Waals surface area contributed by atoms with Gasteiger partial charge in [-0.05, 0) is 105 Å². The summed E-state index contributed by atoms with van der Waals surface area (Å²) in [6.45, 7) is 2.14. The van der Waals surface area contributed by atoms with Crippen LogP contribution in [0.25, 0.3) is 56.3 Å². The lowest BCUT2D eigenvalue weighted by Crippen LogP contribution is -2.03. The van der Waals surface area contributed by atoms with Gasteiger partial charge in [-0.15, -0.1) is 0 Å². The molecule has 0 N–H and O–H groups in total. The lowest BCUT2D eigenvalue weighted by atomic mass is 9.79. The molecule has 0 heteroatoms. The summed E-state index contributed by atoms with van der Waals surface area (Å²) in [7, 11) is 0. The molecule has 0 aliphatic heterocycles. The summed E-state index contributed by atoms with van der Waals surface area (Å²) in [4.78, 5) is 0. The Bertz CT molecular complexity index is 1690. The Morgan fingerprint density at radius 2 is 1.16 bits per heavy atom.